The Kier molecular flexibility index (Phi) is 6.34. The molecule has 6 aromatic carbocycles. The number of pyridine rings is 1. The van der Waals surface area contributed by atoms with Crippen LogP contribution in [0.25, 0.3) is 27.6 Å². The maximum atomic E-state index is 6.69. The predicted octanol–water partition coefficient (Wildman–Crippen LogP) is 11.7. The summed E-state index contributed by atoms with van der Waals surface area (Å²) in [7, 11) is 0. The maximum absolute atomic E-state index is 6.69. The zero-order chi connectivity index (χ0) is 35.4. The lowest BCUT2D eigenvalue weighted by molar-refractivity contribution is 0.483. The SMILES string of the molecule is CC(C)(C)N1CN(c2cccc(Oc3ccc4c5ccccc5n(-c5ccc6c(n5)C5c7ccccc7C6c6ccccc65)c4c3)c2)c2ccccc21. The van der Waals surface area contributed by atoms with Gasteiger partial charge in [0.1, 0.15) is 17.3 Å². The Morgan fingerprint density at radius 1 is 0.547 bits per heavy atom. The van der Waals surface area contributed by atoms with Gasteiger partial charge < -0.3 is 14.5 Å². The molecule has 0 unspecified atom stereocenters. The molecule has 2 bridgehead atoms. The van der Waals surface area contributed by atoms with Crippen molar-refractivity contribution in [2.24, 2.45) is 0 Å². The molecule has 0 spiro atoms. The van der Waals surface area contributed by atoms with E-state index >= 15 is 0 Å². The van der Waals surface area contributed by atoms with Crippen LogP contribution in [0.4, 0.5) is 17.1 Å². The smallest absolute Gasteiger partial charge is 0.137 e. The zero-order valence-electron chi connectivity index (χ0n) is 30.0. The summed E-state index contributed by atoms with van der Waals surface area (Å²) in [6.07, 6.45) is 0. The number of fused-ring (bicyclic) bond motifs is 4. The Morgan fingerprint density at radius 3 is 1.94 bits per heavy atom. The van der Waals surface area contributed by atoms with E-state index in [9.17, 15) is 0 Å². The first-order valence-corrected chi connectivity index (χ1v) is 18.6. The Labute approximate surface area is 309 Å². The molecule has 0 fully saturated rings. The van der Waals surface area contributed by atoms with Crippen molar-refractivity contribution in [2.45, 2.75) is 38.1 Å². The molecule has 53 heavy (non-hydrogen) atoms. The summed E-state index contributed by atoms with van der Waals surface area (Å²) in [6, 6.07) is 54.6. The molecular formula is C48H38N4O. The second kappa shape index (κ2) is 11.1. The van der Waals surface area contributed by atoms with Gasteiger partial charge in [-0.3, -0.25) is 4.57 Å². The largest absolute Gasteiger partial charge is 0.457 e. The fourth-order valence-corrected chi connectivity index (χ4v) is 9.23. The molecule has 2 aromatic heterocycles. The van der Waals surface area contributed by atoms with E-state index in [4.69, 9.17) is 9.72 Å². The monoisotopic (exact) mass is 686 g/mol. The van der Waals surface area contributed by atoms with Gasteiger partial charge in [-0.1, -0.05) is 91.0 Å². The number of hydrogen-bond donors (Lipinski definition) is 0. The van der Waals surface area contributed by atoms with Gasteiger partial charge in [0, 0.05) is 40.0 Å². The molecule has 0 amide bonds. The second-order valence-corrected chi connectivity index (χ2v) is 15.6. The van der Waals surface area contributed by atoms with Gasteiger partial charge in [-0.25, -0.2) is 4.98 Å². The van der Waals surface area contributed by atoms with Crippen LogP contribution in [0.2, 0.25) is 0 Å². The van der Waals surface area contributed by atoms with Crippen LogP contribution in [0, 0.1) is 0 Å². The Morgan fingerprint density at radius 2 is 1.19 bits per heavy atom. The normalized spacial score (nSPS) is 16.8. The second-order valence-electron chi connectivity index (χ2n) is 15.6. The van der Waals surface area contributed by atoms with E-state index in [1.807, 2.05) is 6.07 Å². The van der Waals surface area contributed by atoms with Gasteiger partial charge in [0.2, 0.25) is 0 Å². The van der Waals surface area contributed by atoms with Gasteiger partial charge >= 0.3 is 0 Å². The number of para-hydroxylation sites is 3. The molecule has 0 atom stereocenters. The molecule has 5 heteroatoms. The molecule has 0 N–H and O–H groups in total. The Balaban J connectivity index is 0.999. The fraction of sp³-hybridized carbons (Fsp3) is 0.146. The fourth-order valence-electron chi connectivity index (χ4n) is 9.23. The highest BCUT2D eigenvalue weighted by Crippen LogP contribution is 2.55. The van der Waals surface area contributed by atoms with Crippen LogP contribution in [0.3, 0.4) is 0 Å². The summed E-state index contributed by atoms with van der Waals surface area (Å²) in [6.45, 7) is 7.59. The van der Waals surface area contributed by atoms with Crippen LogP contribution in [0.5, 0.6) is 11.5 Å². The van der Waals surface area contributed by atoms with Gasteiger partial charge in [-0.15, -0.1) is 0 Å². The van der Waals surface area contributed by atoms with Crippen molar-refractivity contribution in [1.82, 2.24) is 9.55 Å². The van der Waals surface area contributed by atoms with Gasteiger partial charge in [0.15, 0.2) is 0 Å². The summed E-state index contributed by atoms with van der Waals surface area (Å²) in [5.41, 5.74) is 13.8. The van der Waals surface area contributed by atoms with Gasteiger partial charge in [-0.05, 0) is 97.1 Å². The summed E-state index contributed by atoms with van der Waals surface area (Å²) in [5.74, 6) is 2.82. The highest BCUT2D eigenvalue weighted by Gasteiger charge is 2.42. The molecule has 0 saturated carbocycles. The van der Waals surface area contributed by atoms with Crippen molar-refractivity contribution in [3.05, 3.63) is 185 Å². The van der Waals surface area contributed by atoms with Crippen LogP contribution < -0.4 is 14.5 Å². The topological polar surface area (TPSA) is 33.5 Å². The van der Waals surface area contributed by atoms with Gasteiger partial charge in [0.25, 0.3) is 0 Å². The van der Waals surface area contributed by atoms with Crippen LogP contribution in [-0.4, -0.2) is 21.8 Å². The van der Waals surface area contributed by atoms with Crippen molar-refractivity contribution < 1.29 is 4.74 Å². The average Bonchev–Trinajstić information content (AvgIpc) is 3.74. The number of hydrogen-bond acceptors (Lipinski definition) is 4. The van der Waals surface area contributed by atoms with E-state index in [0.29, 0.717) is 0 Å². The highest BCUT2D eigenvalue weighted by atomic mass is 16.5. The molecule has 5 nitrogen and oxygen atoms in total. The molecule has 0 radical (unpaired) electrons. The number of rotatable bonds is 4. The summed E-state index contributed by atoms with van der Waals surface area (Å²) in [5, 5.41) is 2.37. The average molecular weight is 687 g/mol. The first-order chi connectivity index (χ1) is 25.9. The van der Waals surface area contributed by atoms with E-state index in [1.54, 1.807) is 0 Å². The van der Waals surface area contributed by atoms with Crippen LogP contribution in [0.15, 0.2) is 152 Å². The maximum Gasteiger partial charge on any atom is 0.137 e. The minimum Gasteiger partial charge on any atom is -0.457 e. The first kappa shape index (κ1) is 30.3. The molecule has 8 aromatic rings. The van der Waals surface area contributed by atoms with E-state index in [0.717, 1.165) is 46.4 Å². The number of anilines is 3. The molecule has 3 heterocycles. The van der Waals surface area contributed by atoms with Crippen LogP contribution in [-0.2, 0) is 0 Å². The summed E-state index contributed by atoms with van der Waals surface area (Å²) >= 11 is 0. The number of nitrogens with zero attached hydrogens (tertiary/aromatic N) is 4. The number of benzene rings is 6. The van der Waals surface area contributed by atoms with Crippen molar-refractivity contribution in [3.8, 4) is 17.3 Å². The first-order valence-electron chi connectivity index (χ1n) is 18.6. The lowest BCUT2D eigenvalue weighted by Crippen LogP contribution is -2.42. The zero-order valence-corrected chi connectivity index (χ0v) is 30.0. The minimum atomic E-state index is -0.00565. The third-order valence-corrected chi connectivity index (χ3v) is 11.6. The third-order valence-electron chi connectivity index (χ3n) is 11.6. The molecule has 256 valence electrons. The van der Waals surface area contributed by atoms with E-state index in [1.165, 1.54) is 50.0 Å². The summed E-state index contributed by atoms with van der Waals surface area (Å²) in [4.78, 5) is 10.4. The van der Waals surface area contributed by atoms with E-state index in [-0.39, 0.29) is 17.4 Å². The van der Waals surface area contributed by atoms with Gasteiger partial charge in [0.05, 0.1) is 40.7 Å². The van der Waals surface area contributed by atoms with E-state index in [2.05, 4.69) is 181 Å². The van der Waals surface area contributed by atoms with Gasteiger partial charge in [-0.2, -0.15) is 0 Å². The molecule has 0 saturated heterocycles. The molecule has 1 aliphatic heterocycles. The van der Waals surface area contributed by atoms with Crippen LogP contribution >= 0.6 is 0 Å². The van der Waals surface area contributed by atoms with Crippen molar-refractivity contribution in [2.75, 3.05) is 16.5 Å². The summed E-state index contributed by atoms with van der Waals surface area (Å²) < 4.78 is 9.01. The van der Waals surface area contributed by atoms with Crippen LogP contribution in [0.1, 0.15) is 66.1 Å². The Bertz CT molecular complexity index is 2730. The van der Waals surface area contributed by atoms with Crippen molar-refractivity contribution >= 4 is 38.9 Å². The predicted molar refractivity (Wildman–Crippen MR) is 216 cm³/mol. The highest BCUT2D eigenvalue weighted by molar-refractivity contribution is 6.09. The Hall–Kier alpha value is -6.33. The molecule has 12 rings (SSSR count). The standard InChI is InChI=1S/C48H38N4O/c1-48(2,3)51-29-50(41-21-10-11-22-42(41)51)30-13-12-14-31(27-30)53-32-23-24-34-33-15-8-9-20-40(33)52(43(34)28-32)44-26-25-39-45-35-16-4-6-18-37(35)46(47(39)49-44)38-19-7-5-17-36(38)45/h4-28,45-46H,29H2,1-3H3. The molecule has 3 aliphatic carbocycles. The third kappa shape index (κ3) is 4.46. The molecule has 4 aliphatic rings. The van der Waals surface area contributed by atoms with Crippen molar-refractivity contribution in [3.63, 3.8) is 0 Å². The van der Waals surface area contributed by atoms with Crippen molar-refractivity contribution in [1.29, 1.82) is 0 Å². The lowest BCUT2D eigenvalue weighted by Gasteiger charge is -2.41. The lowest BCUT2D eigenvalue weighted by atomic mass is 9.63. The molecular weight excluding hydrogens is 649 g/mol. The minimum absolute atomic E-state index is 0.00565. The number of ether oxygens (including phenoxy) is 1. The quantitative estimate of drug-likeness (QED) is 0.185. The van der Waals surface area contributed by atoms with E-state index < -0.39 is 0 Å². The number of aromatic nitrogens is 2.